The van der Waals surface area contributed by atoms with E-state index in [2.05, 4.69) is 4.98 Å². The zero-order valence-corrected chi connectivity index (χ0v) is 7.47. The molecule has 0 spiro atoms. The van der Waals surface area contributed by atoms with Gasteiger partial charge in [0.25, 0.3) is 0 Å². The highest BCUT2D eigenvalue weighted by molar-refractivity contribution is 5.73. The lowest BCUT2D eigenvalue weighted by Crippen LogP contribution is -1.75. The van der Waals surface area contributed by atoms with Gasteiger partial charge in [0.2, 0.25) is 0 Å². The van der Waals surface area contributed by atoms with Crippen molar-refractivity contribution in [3.8, 4) is 0 Å². The predicted octanol–water partition coefficient (Wildman–Crippen LogP) is 2.33. The molecule has 0 saturated heterocycles. The highest BCUT2D eigenvalue weighted by atomic mass is 16.1. The van der Waals surface area contributed by atoms with Crippen LogP contribution in [0.4, 0.5) is 0 Å². The molecule has 0 amide bonds. The van der Waals surface area contributed by atoms with E-state index in [1.807, 2.05) is 31.2 Å². The average molecular weight is 173 g/mol. The minimum Gasteiger partial charge on any atom is -0.298 e. The maximum Gasteiger partial charge on any atom is 0.151 e. The predicted molar refractivity (Wildman–Crippen MR) is 52.0 cm³/mol. The normalized spacial score (nSPS) is 8.69. The average Bonchev–Trinajstić information content (AvgIpc) is 2.16. The van der Waals surface area contributed by atoms with Crippen molar-refractivity contribution < 1.29 is 4.79 Å². The van der Waals surface area contributed by atoms with E-state index in [-0.39, 0.29) is 0 Å². The van der Waals surface area contributed by atoms with E-state index in [1.165, 1.54) is 6.20 Å². The maximum absolute atomic E-state index is 10.5. The van der Waals surface area contributed by atoms with Gasteiger partial charge in [-0.1, -0.05) is 24.3 Å². The molecule has 0 aliphatic carbocycles. The summed E-state index contributed by atoms with van der Waals surface area (Å²) in [6, 6.07) is 9.27. The van der Waals surface area contributed by atoms with Gasteiger partial charge in [0.1, 0.15) is 0 Å². The third-order valence-electron chi connectivity index (χ3n) is 1.54. The first-order valence-electron chi connectivity index (χ1n) is 4.03. The summed E-state index contributed by atoms with van der Waals surface area (Å²) >= 11 is 0. The molecule has 0 atom stereocenters. The van der Waals surface area contributed by atoms with Gasteiger partial charge < -0.3 is 0 Å². The Labute approximate surface area is 77.6 Å². The van der Waals surface area contributed by atoms with Crippen LogP contribution in [-0.2, 0) is 0 Å². The van der Waals surface area contributed by atoms with Gasteiger partial charge in [0.05, 0.1) is 0 Å². The van der Waals surface area contributed by atoms with E-state index in [0.29, 0.717) is 5.56 Å². The van der Waals surface area contributed by atoms with E-state index in [0.717, 1.165) is 11.8 Å². The molecule has 0 aromatic carbocycles. The molecule has 0 saturated carbocycles. The number of nitrogens with zero attached hydrogens (tertiary/aromatic N) is 1. The summed E-state index contributed by atoms with van der Waals surface area (Å²) in [6.07, 6.45) is 3.98. The van der Waals surface area contributed by atoms with Crippen molar-refractivity contribution in [3.63, 3.8) is 0 Å². The third kappa shape index (κ3) is 3.47. The zero-order chi connectivity index (χ0) is 9.52. The van der Waals surface area contributed by atoms with Gasteiger partial charge >= 0.3 is 0 Å². The maximum atomic E-state index is 10.5. The Bertz CT molecular complexity index is 318. The first kappa shape index (κ1) is 9.39. The van der Waals surface area contributed by atoms with Crippen LogP contribution in [0.1, 0.15) is 15.9 Å². The molecule has 0 bridgehead atoms. The molecule has 13 heavy (non-hydrogen) atoms. The van der Waals surface area contributed by atoms with E-state index < -0.39 is 0 Å². The summed E-state index contributed by atoms with van der Waals surface area (Å²) in [7, 11) is 0. The lowest BCUT2D eigenvalue weighted by molar-refractivity contribution is 0.112. The van der Waals surface area contributed by atoms with Gasteiger partial charge in [0, 0.05) is 18.0 Å². The summed E-state index contributed by atoms with van der Waals surface area (Å²) in [5.41, 5.74) is 1.69. The Hall–Kier alpha value is -1.70. The number of aryl methyl sites for hydroxylation is 1. The van der Waals surface area contributed by atoms with Gasteiger partial charge in [-0.3, -0.25) is 9.78 Å². The number of carbonyl (C=O) groups is 1. The molecule has 66 valence electrons. The highest BCUT2D eigenvalue weighted by Gasteiger charge is 1.80. The van der Waals surface area contributed by atoms with Crippen molar-refractivity contribution in [2.45, 2.75) is 6.92 Å². The second-order valence-corrected chi connectivity index (χ2v) is 2.67. The van der Waals surface area contributed by atoms with Crippen LogP contribution < -0.4 is 0 Å². The molecule has 2 nitrogen and oxygen atoms in total. The van der Waals surface area contributed by atoms with Crippen LogP contribution >= 0.6 is 0 Å². The Kier molecular flexibility index (Phi) is 3.64. The standard InChI is InChI=1S/C11H11NO/c1-10-4-2-3-5-11(9-13)8-12-7-6-10/h2-9H,1H3. The molecule has 0 N–H and O–H groups in total. The Morgan fingerprint density at radius 3 is 2.77 bits per heavy atom. The molecule has 0 unspecified atom stereocenters. The Morgan fingerprint density at radius 1 is 1.23 bits per heavy atom. The summed E-state index contributed by atoms with van der Waals surface area (Å²) in [4.78, 5) is 14.4. The van der Waals surface area contributed by atoms with E-state index in [4.69, 9.17) is 0 Å². The third-order valence-corrected chi connectivity index (χ3v) is 1.54. The summed E-state index contributed by atoms with van der Waals surface area (Å²) in [6.45, 7) is 1.99. The van der Waals surface area contributed by atoms with Gasteiger partial charge in [-0.05, 0) is 18.6 Å². The number of aldehydes is 1. The Balaban J connectivity index is 3.21. The molecular formula is C11H11NO. The number of rotatable bonds is 1. The molecule has 2 heteroatoms. The van der Waals surface area contributed by atoms with Gasteiger partial charge in [-0.15, -0.1) is 0 Å². The Morgan fingerprint density at radius 2 is 2.00 bits per heavy atom. The van der Waals surface area contributed by atoms with Crippen LogP contribution in [0.3, 0.4) is 0 Å². The molecule has 1 rings (SSSR count). The fourth-order valence-electron chi connectivity index (χ4n) is 0.832. The monoisotopic (exact) mass is 173 g/mol. The number of hydrogen-bond donors (Lipinski definition) is 0. The van der Waals surface area contributed by atoms with Gasteiger partial charge in [-0.25, -0.2) is 0 Å². The largest absolute Gasteiger partial charge is 0.298 e. The van der Waals surface area contributed by atoms with Crippen molar-refractivity contribution in [1.82, 2.24) is 4.98 Å². The van der Waals surface area contributed by atoms with E-state index in [9.17, 15) is 4.79 Å². The number of aromatic nitrogens is 1. The second-order valence-electron chi connectivity index (χ2n) is 2.67. The van der Waals surface area contributed by atoms with Crippen LogP contribution in [0.15, 0.2) is 42.7 Å². The van der Waals surface area contributed by atoms with E-state index >= 15 is 0 Å². The van der Waals surface area contributed by atoms with Crippen LogP contribution in [0.5, 0.6) is 0 Å². The van der Waals surface area contributed by atoms with Crippen LogP contribution in [-0.4, -0.2) is 11.3 Å². The second kappa shape index (κ2) is 5.04. The highest BCUT2D eigenvalue weighted by Crippen LogP contribution is 1.91. The molecular weight excluding hydrogens is 162 g/mol. The fourth-order valence-corrected chi connectivity index (χ4v) is 0.832. The molecule has 0 fully saturated rings. The first-order valence-corrected chi connectivity index (χ1v) is 4.03. The van der Waals surface area contributed by atoms with Crippen LogP contribution in [0, 0.1) is 6.92 Å². The SMILES string of the molecule is Cc1ccccc(C=O)cncc1. The molecule has 1 aromatic heterocycles. The van der Waals surface area contributed by atoms with E-state index in [1.54, 1.807) is 12.3 Å². The minimum atomic E-state index is 0.564. The van der Waals surface area contributed by atoms with Gasteiger partial charge in [0.15, 0.2) is 6.29 Å². The summed E-state index contributed by atoms with van der Waals surface area (Å²) in [5, 5.41) is 0. The quantitative estimate of drug-likeness (QED) is 0.610. The zero-order valence-electron chi connectivity index (χ0n) is 7.47. The summed E-state index contributed by atoms with van der Waals surface area (Å²) < 4.78 is 0. The smallest absolute Gasteiger partial charge is 0.151 e. The van der Waals surface area contributed by atoms with Crippen molar-refractivity contribution in [2.24, 2.45) is 0 Å². The lowest BCUT2D eigenvalue weighted by atomic mass is 10.3. The van der Waals surface area contributed by atoms with Crippen molar-refractivity contribution in [1.29, 1.82) is 0 Å². The molecule has 0 radical (unpaired) electrons. The molecule has 0 aliphatic heterocycles. The topological polar surface area (TPSA) is 30.0 Å². The number of carbonyl (C=O) groups excluding carboxylic acids is 1. The minimum absolute atomic E-state index is 0.564. The van der Waals surface area contributed by atoms with Crippen molar-refractivity contribution >= 4 is 6.29 Å². The summed E-state index contributed by atoms with van der Waals surface area (Å²) in [5.74, 6) is 0. The van der Waals surface area contributed by atoms with Crippen LogP contribution in [0.2, 0.25) is 0 Å². The number of hydrogen-bond acceptors (Lipinski definition) is 2. The van der Waals surface area contributed by atoms with Crippen LogP contribution in [0.25, 0.3) is 0 Å². The van der Waals surface area contributed by atoms with Crippen molar-refractivity contribution in [3.05, 3.63) is 53.9 Å². The lowest BCUT2D eigenvalue weighted by Gasteiger charge is -1.83. The van der Waals surface area contributed by atoms with Gasteiger partial charge in [-0.2, -0.15) is 0 Å². The molecule has 0 aliphatic rings. The van der Waals surface area contributed by atoms with Crippen molar-refractivity contribution in [2.75, 3.05) is 0 Å². The first-order chi connectivity index (χ1) is 6.33. The molecule has 1 heterocycles. The fraction of sp³-hybridized carbons (Fsp3) is 0.0909. The molecule has 1 aromatic rings.